The fourth-order valence-electron chi connectivity index (χ4n) is 0.787. The summed E-state index contributed by atoms with van der Waals surface area (Å²) in [4.78, 5) is 19.0. The third-order valence-electron chi connectivity index (χ3n) is 2.02. The van der Waals surface area contributed by atoms with Gasteiger partial charge in [-0.1, -0.05) is 6.92 Å². The lowest BCUT2D eigenvalue weighted by Gasteiger charge is -2.22. The van der Waals surface area contributed by atoms with Crippen molar-refractivity contribution in [1.82, 2.24) is 9.97 Å². The Morgan fingerprint density at radius 3 is 2.50 bits per heavy atom. The van der Waals surface area contributed by atoms with Gasteiger partial charge in [0.1, 0.15) is 11.9 Å². The molecule has 4 heteroatoms. The fraction of sp³-hybridized carbons (Fsp3) is 0.500. The zero-order chi connectivity index (χ0) is 10.6. The van der Waals surface area contributed by atoms with Crippen molar-refractivity contribution in [2.45, 2.75) is 32.8 Å². The Balaban J connectivity index is 2.69. The standard InChI is InChI=1S/C10H14N2O2/c1-4-10(2,3)14-9(13)8-5-11-7-12-6-8/h5-7H,4H2,1-3H3. The van der Waals surface area contributed by atoms with Crippen LogP contribution in [0.15, 0.2) is 18.7 Å². The van der Waals surface area contributed by atoms with Crippen molar-refractivity contribution >= 4 is 5.97 Å². The highest BCUT2D eigenvalue weighted by atomic mass is 16.6. The van der Waals surface area contributed by atoms with Gasteiger partial charge in [0.15, 0.2) is 0 Å². The summed E-state index contributed by atoms with van der Waals surface area (Å²) >= 11 is 0. The maximum atomic E-state index is 11.5. The molecule has 4 nitrogen and oxygen atoms in total. The zero-order valence-electron chi connectivity index (χ0n) is 8.65. The fourth-order valence-corrected chi connectivity index (χ4v) is 0.787. The molecule has 0 N–H and O–H groups in total. The summed E-state index contributed by atoms with van der Waals surface area (Å²) in [6, 6.07) is 0. The Morgan fingerprint density at radius 2 is 2.00 bits per heavy atom. The largest absolute Gasteiger partial charge is 0.456 e. The topological polar surface area (TPSA) is 52.1 Å². The molecule has 0 aliphatic carbocycles. The van der Waals surface area contributed by atoms with E-state index < -0.39 is 5.60 Å². The second kappa shape index (κ2) is 4.17. The first-order chi connectivity index (χ1) is 6.55. The molecular weight excluding hydrogens is 180 g/mol. The summed E-state index contributed by atoms with van der Waals surface area (Å²) in [7, 11) is 0. The van der Waals surface area contributed by atoms with Crippen LogP contribution in [0.25, 0.3) is 0 Å². The number of hydrogen-bond acceptors (Lipinski definition) is 4. The molecule has 0 spiro atoms. The lowest BCUT2D eigenvalue weighted by atomic mass is 10.1. The minimum atomic E-state index is -0.438. The molecule has 1 rings (SSSR count). The van der Waals surface area contributed by atoms with E-state index in [-0.39, 0.29) is 5.97 Å². The molecular formula is C10H14N2O2. The van der Waals surface area contributed by atoms with Crippen molar-refractivity contribution in [3.8, 4) is 0 Å². The van der Waals surface area contributed by atoms with Gasteiger partial charge < -0.3 is 4.74 Å². The smallest absolute Gasteiger partial charge is 0.341 e. The maximum absolute atomic E-state index is 11.5. The number of esters is 1. The van der Waals surface area contributed by atoms with Crippen molar-refractivity contribution in [3.05, 3.63) is 24.3 Å². The molecule has 0 aliphatic heterocycles. The van der Waals surface area contributed by atoms with Gasteiger partial charge in [0.2, 0.25) is 0 Å². The van der Waals surface area contributed by atoms with Crippen molar-refractivity contribution in [2.24, 2.45) is 0 Å². The Hall–Kier alpha value is -1.45. The van der Waals surface area contributed by atoms with Crippen LogP contribution in [0.5, 0.6) is 0 Å². The van der Waals surface area contributed by atoms with Gasteiger partial charge in [-0.05, 0) is 20.3 Å². The van der Waals surface area contributed by atoms with Crippen LogP contribution in [0.2, 0.25) is 0 Å². The van der Waals surface area contributed by atoms with E-state index >= 15 is 0 Å². The van der Waals surface area contributed by atoms with Crippen molar-refractivity contribution in [1.29, 1.82) is 0 Å². The molecule has 0 aromatic carbocycles. The maximum Gasteiger partial charge on any atom is 0.341 e. The number of carbonyl (C=O) groups is 1. The normalized spacial score (nSPS) is 11.1. The first kappa shape index (κ1) is 10.6. The minimum Gasteiger partial charge on any atom is -0.456 e. The van der Waals surface area contributed by atoms with Crippen LogP contribution in [0.3, 0.4) is 0 Å². The molecule has 0 atom stereocenters. The van der Waals surface area contributed by atoms with E-state index in [2.05, 4.69) is 9.97 Å². The lowest BCUT2D eigenvalue weighted by Crippen LogP contribution is -2.27. The highest BCUT2D eigenvalue weighted by Gasteiger charge is 2.21. The molecule has 0 saturated carbocycles. The van der Waals surface area contributed by atoms with Gasteiger partial charge in [-0.15, -0.1) is 0 Å². The molecule has 0 unspecified atom stereocenters. The Morgan fingerprint density at radius 1 is 1.43 bits per heavy atom. The number of hydrogen-bond donors (Lipinski definition) is 0. The first-order valence-corrected chi connectivity index (χ1v) is 4.53. The Kier molecular flexibility index (Phi) is 3.17. The third kappa shape index (κ3) is 2.80. The van der Waals surface area contributed by atoms with Gasteiger partial charge in [-0.3, -0.25) is 0 Å². The zero-order valence-corrected chi connectivity index (χ0v) is 8.65. The first-order valence-electron chi connectivity index (χ1n) is 4.53. The molecule has 0 aliphatic rings. The number of nitrogens with zero attached hydrogens (tertiary/aromatic N) is 2. The second-order valence-electron chi connectivity index (χ2n) is 3.63. The molecule has 1 aromatic heterocycles. The summed E-state index contributed by atoms with van der Waals surface area (Å²) in [6.45, 7) is 5.71. The molecule has 0 fully saturated rings. The third-order valence-corrected chi connectivity index (χ3v) is 2.02. The summed E-state index contributed by atoms with van der Waals surface area (Å²) in [5, 5.41) is 0. The minimum absolute atomic E-state index is 0.377. The van der Waals surface area contributed by atoms with Gasteiger partial charge in [-0.25, -0.2) is 14.8 Å². The van der Waals surface area contributed by atoms with Gasteiger partial charge >= 0.3 is 5.97 Å². The average molecular weight is 194 g/mol. The summed E-state index contributed by atoms with van der Waals surface area (Å²) in [5.41, 5.74) is -0.0542. The summed E-state index contributed by atoms with van der Waals surface area (Å²) in [5.74, 6) is -0.377. The molecule has 0 saturated heterocycles. The van der Waals surface area contributed by atoms with E-state index in [1.807, 2.05) is 20.8 Å². The number of aromatic nitrogens is 2. The Bertz CT molecular complexity index is 309. The predicted octanol–water partition coefficient (Wildman–Crippen LogP) is 1.82. The Labute approximate surface area is 83.3 Å². The van der Waals surface area contributed by atoms with Crippen LogP contribution in [0.1, 0.15) is 37.6 Å². The lowest BCUT2D eigenvalue weighted by molar-refractivity contribution is -0.00252. The quantitative estimate of drug-likeness (QED) is 0.689. The van der Waals surface area contributed by atoms with Crippen LogP contribution < -0.4 is 0 Å². The van der Waals surface area contributed by atoms with E-state index in [1.54, 1.807) is 0 Å². The molecule has 0 amide bonds. The van der Waals surface area contributed by atoms with Crippen LogP contribution >= 0.6 is 0 Å². The van der Waals surface area contributed by atoms with E-state index in [0.717, 1.165) is 6.42 Å². The molecule has 76 valence electrons. The van der Waals surface area contributed by atoms with Crippen LogP contribution in [-0.4, -0.2) is 21.5 Å². The SMILES string of the molecule is CCC(C)(C)OC(=O)c1cncnc1. The van der Waals surface area contributed by atoms with Gasteiger partial charge in [0.25, 0.3) is 0 Å². The second-order valence-corrected chi connectivity index (χ2v) is 3.63. The number of carbonyl (C=O) groups excluding carboxylic acids is 1. The highest BCUT2D eigenvalue weighted by molar-refractivity contribution is 5.88. The van der Waals surface area contributed by atoms with Crippen molar-refractivity contribution in [3.63, 3.8) is 0 Å². The van der Waals surface area contributed by atoms with Crippen molar-refractivity contribution < 1.29 is 9.53 Å². The monoisotopic (exact) mass is 194 g/mol. The van der Waals surface area contributed by atoms with Crippen LogP contribution in [0.4, 0.5) is 0 Å². The van der Waals surface area contributed by atoms with Gasteiger partial charge in [0, 0.05) is 12.4 Å². The van der Waals surface area contributed by atoms with Gasteiger partial charge in [0.05, 0.1) is 5.56 Å². The molecule has 0 bridgehead atoms. The molecule has 14 heavy (non-hydrogen) atoms. The van der Waals surface area contributed by atoms with Gasteiger partial charge in [-0.2, -0.15) is 0 Å². The van der Waals surface area contributed by atoms with E-state index in [9.17, 15) is 4.79 Å². The van der Waals surface area contributed by atoms with Crippen LogP contribution in [0, 0.1) is 0 Å². The van der Waals surface area contributed by atoms with E-state index in [4.69, 9.17) is 4.74 Å². The average Bonchev–Trinajstić information content (AvgIpc) is 2.19. The molecule has 1 aromatic rings. The number of ether oxygens (including phenoxy) is 1. The predicted molar refractivity (Wildman–Crippen MR) is 51.8 cm³/mol. The summed E-state index contributed by atoms with van der Waals surface area (Å²) in [6.07, 6.45) is 5.04. The van der Waals surface area contributed by atoms with E-state index in [0.29, 0.717) is 5.56 Å². The number of rotatable bonds is 3. The highest BCUT2D eigenvalue weighted by Crippen LogP contribution is 2.15. The molecule has 1 heterocycles. The van der Waals surface area contributed by atoms with Crippen LogP contribution in [-0.2, 0) is 4.74 Å². The van der Waals surface area contributed by atoms with Crippen molar-refractivity contribution in [2.75, 3.05) is 0 Å². The molecule has 0 radical (unpaired) electrons. The van der Waals surface area contributed by atoms with E-state index in [1.165, 1.54) is 18.7 Å². The summed E-state index contributed by atoms with van der Waals surface area (Å²) < 4.78 is 5.25.